The van der Waals surface area contributed by atoms with Gasteiger partial charge in [0.25, 0.3) is 0 Å². The zero-order valence-corrected chi connectivity index (χ0v) is 31.7. The molecule has 0 unspecified atom stereocenters. The third-order valence-corrected chi connectivity index (χ3v) is 11.5. The second kappa shape index (κ2) is 14.1. The van der Waals surface area contributed by atoms with Crippen molar-refractivity contribution in [3.05, 3.63) is 218 Å². The van der Waals surface area contributed by atoms with E-state index in [1.165, 1.54) is 54.2 Å². The van der Waals surface area contributed by atoms with Gasteiger partial charge in [0.15, 0.2) is 5.82 Å². The van der Waals surface area contributed by atoms with Crippen LogP contribution in [0.5, 0.6) is 0 Å². The van der Waals surface area contributed by atoms with Crippen molar-refractivity contribution in [2.75, 3.05) is 0 Å². The molecule has 1 aromatic heterocycles. The second-order valence-electron chi connectivity index (χ2n) is 14.9. The number of rotatable bonds is 6. The molecule has 11 rings (SSSR count). The first-order chi connectivity index (χ1) is 28.7. The maximum atomic E-state index is 5.33. The molecule has 0 N–H and O–H groups in total. The molecular weight excluding hydrogens is 701 g/mol. The van der Waals surface area contributed by atoms with E-state index in [4.69, 9.17) is 9.97 Å². The van der Waals surface area contributed by atoms with E-state index in [-0.39, 0.29) is 0 Å². The van der Waals surface area contributed by atoms with Crippen LogP contribution in [0.4, 0.5) is 0 Å². The van der Waals surface area contributed by atoms with Gasteiger partial charge in [0.2, 0.25) is 0 Å². The van der Waals surface area contributed by atoms with Crippen LogP contribution in [0.2, 0.25) is 0 Å². The lowest BCUT2D eigenvalue weighted by molar-refractivity contribution is 1.18. The molecule has 11 aromatic rings. The fourth-order valence-electron chi connectivity index (χ4n) is 8.68. The molecule has 2 nitrogen and oxygen atoms in total. The highest BCUT2D eigenvalue weighted by Crippen LogP contribution is 2.41. The largest absolute Gasteiger partial charge is 0.228 e. The van der Waals surface area contributed by atoms with Crippen molar-refractivity contribution in [2.24, 2.45) is 0 Å². The molecule has 10 aromatic carbocycles. The quantitative estimate of drug-likeness (QED) is 0.125. The summed E-state index contributed by atoms with van der Waals surface area (Å²) in [6, 6.07) is 78.2. The maximum Gasteiger partial charge on any atom is 0.160 e. The summed E-state index contributed by atoms with van der Waals surface area (Å²) in [6.45, 7) is 0. The van der Waals surface area contributed by atoms with Crippen molar-refractivity contribution in [3.8, 4) is 67.3 Å². The predicted octanol–water partition coefficient (Wildman–Crippen LogP) is 15.1. The Hall–Kier alpha value is -7.68. The molecule has 0 aliphatic heterocycles. The summed E-state index contributed by atoms with van der Waals surface area (Å²) in [6.07, 6.45) is 0. The summed E-state index contributed by atoms with van der Waals surface area (Å²) in [5, 5.41) is 9.94. The first kappa shape index (κ1) is 33.6. The molecule has 270 valence electrons. The van der Waals surface area contributed by atoms with E-state index < -0.39 is 0 Å². The Labute approximate surface area is 337 Å². The molecular formula is C56H36N2. The topological polar surface area (TPSA) is 25.8 Å². The Morgan fingerprint density at radius 3 is 1.64 bits per heavy atom. The van der Waals surface area contributed by atoms with Gasteiger partial charge in [-0.15, -0.1) is 0 Å². The average Bonchev–Trinajstić information content (AvgIpc) is 3.31. The van der Waals surface area contributed by atoms with Crippen LogP contribution in [-0.2, 0) is 0 Å². The summed E-state index contributed by atoms with van der Waals surface area (Å²) < 4.78 is 0. The second-order valence-corrected chi connectivity index (χ2v) is 14.9. The van der Waals surface area contributed by atoms with Gasteiger partial charge >= 0.3 is 0 Å². The zero-order chi connectivity index (χ0) is 38.4. The van der Waals surface area contributed by atoms with E-state index in [9.17, 15) is 0 Å². The fourth-order valence-corrected chi connectivity index (χ4v) is 8.68. The molecule has 0 fully saturated rings. The molecule has 0 amide bonds. The van der Waals surface area contributed by atoms with E-state index in [1.54, 1.807) is 0 Å². The Kier molecular flexibility index (Phi) is 8.19. The first-order valence-corrected chi connectivity index (χ1v) is 19.8. The lowest BCUT2D eigenvalue weighted by Crippen LogP contribution is -1.97. The third-order valence-electron chi connectivity index (χ3n) is 11.5. The molecule has 0 aliphatic rings. The summed E-state index contributed by atoms with van der Waals surface area (Å²) >= 11 is 0. The standard InChI is InChI=1S/C56H36N2/c1-2-14-37(15-3-1)46-23-10-11-26-50(46)54-36-53(44-21-12-20-42(34-44)48-27-13-19-38-16-4-7-22-45(38)48)57-56(58-54)41-30-28-40(29-31-41)55-49-25-9-6-18-43(49)35-52-47-24-8-5-17-39(47)32-33-51(52)55/h1-36H. The molecule has 0 aliphatic carbocycles. The SMILES string of the molecule is c1ccc(-c2ccccc2-c2cc(-c3cccc(-c4cccc5ccccc45)c3)nc(-c3ccc(-c4c5ccccc5cc5c4ccc4ccccc45)cc3)n2)cc1. The van der Waals surface area contributed by atoms with Crippen LogP contribution >= 0.6 is 0 Å². The van der Waals surface area contributed by atoms with E-state index in [0.717, 1.165) is 50.3 Å². The van der Waals surface area contributed by atoms with Crippen LogP contribution in [0.15, 0.2) is 218 Å². The Bertz CT molecular complexity index is 3320. The molecule has 0 spiro atoms. The molecule has 0 saturated heterocycles. The van der Waals surface area contributed by atoms with Gasteiger partial charge < -0.3 is 0 Å². The lowest BCUT2D eigenvalue weighted by Gasteiger charge is -2.15. The molecule has 0 radical (unpaired) electrons. The monoisotopic (exact) mass is 736 g/mol. The molecule has 0 saturated carbocycles. The van der Waals surface area contributed by atoms with Crippen molar-refractivity contribution in [1.82, 2.24) is 9.97 Å². The first-order valence-electron chi connectivity index (χ1n) is 19.8. The van der Waals surface area contributed by atoms with Crippen LogP contribution in [0.25, 0.3) is 110 Å². The van der Waals surface area contributed by atoms with Gasteiger partial charge in [-0.1, -0.05) is 200 Å². The smallest absolute Gasteiger partial charge is 0.160 e. The van der Waals surface area contributed by atoms with Crippen LogP contribution in [0, 0.1) is 0 Å². The van der Waals surface area contributed by atoms with Gasteiger partial charge in [0.1, 0.15) is 0 Å². The van der Waals surface area contributed by atoms with E-state index >= 15 is 0 Å². The van der Waals surface area contributed by atoms with Crippen molar-refractivity contribution < 1.29 is 0 Å². The van der Waals surface area contributed by atoms with Gasteiger partial charge in [-0.2, -0.15) is 0 Å². The highest BCUT2D eigenvalue weighted by Gasteiger charge is 2.17. The molecule has 2 heteroatoms. The maximum absolute atomic E-state index is 5.33. The van der Waals surface area contributed by atoms with Gasteiger partial charge in [-0.3, -0.25) is 0 Å². The fraction of sp³-hybridized carbons (Fsp3) is 0. The van der Waals surface area contributed by atoms with E-state index in [1.807, 2.05) is 0 Å². The number of fused-ring (bicyclic) bond motifs is 5. The van der Waals surface area contributed by atoms with Crippen LogP contribution in [0.1, 0.15) is 0 Å². The summed E-state index contributed by atoms with van der Waals surface area (Å²) in [4.78, 5) is 10.7. The summed E-state index contributed by atoms with van der Waals surface area (Å²) in [7, 11) is 0. The van der Waals surface area contributed by atoms with Gasteiger partial charge in [0.05, 0.1) is 11.4 Å². The Morgan fingerprint density at radius 2 is 0.810 bits per heavy atom. The number of hydrogen-bond acceptors (Lipinski definition) is 2. The van der Waals surface area contributed by atoms with Gasteiger partial charge in [-0.05, 0) is 94.7 Å². The average molecular weight is 737 g/mol. The minimum atomic E-state index is 0.686. The molecule has 1 heterocycles. The van der Waals surface area contributed by atoms with Gasteiger partial charge in [-0.25, -0.2) is 9.97 Å². The Balaban J connectivity index is 1.08. The minimum absolute atomic E-state index is 0.686. The molecule has 0 bridgehead atoms. The number of benzene rings is 10. The number of aromatic nitrogens is 2. The highest BCUT2D eigenvalue weighted by atomic mass is 14.9. The predicted molar refractivity (Wildman–Crippen MR) is 245 cm³/mol. The van der Waals surface area contributed by atoms with Crippen molar-refractivity contribution in [3.63, 3.8) is 0 Å². The highest BCUT2D eigenvalue weighted by molar-refractivity contribution is 6.20. The van der Waals surface area contributed by atoms with Crippen molar-refractivity contribution >= 4 is 43.1 Å². The number of hydrogen-bond donors (Lipinski definition) is 0. The third kappa shape index (κ3) is 5.91. The zero-order valence-electron chi connectivity index (χ0n) is 31.7. The summed E-state index contributed by atoms with van der Waals surface area (Å²) in [5.41, 5.74) is 11.9. The van der Waals surface area contributed by atoms with E-state index in [2.05, 4.69) is 218 Å². The number of nitrogens with zero attached hydrogens (tertiary/aromatic N) is 2. The molecule has 58 heavy (non-hydrogen) atoms. The van der Waals surface area contributed by atoms with Crippen molar-refractivity contribution in [1.29, 1.82) is 0 Å². The van der Waals surface area contributed by atoms with Crippen LogP contribution in [0.3, 0.4) is 0 Å². The normalized spacial score (nSPS) is 11.4. The van der Waals surface area contributed by atoms with Gasteiger partial charge in [0, 0.05) is 16.7 Å². The van der Waals surface area contributed by atoms with Crippen LogP contribution in [-0.4, -0.2) is 9.97 Å². The molecule has 0 atom stereocenters. The van der Waals surface area contributed by atoms with Crippen LogP contribution < -0.4 is 0 Å². The minimum Gasteiger partial charge on any atom is -0.228 e. The Morgan fingerprint density at radius 1 is 0.241 bits per heavy atom. The van der Waals surface area contributed by atoms with E-state index in [0.29, 0.717) is 5.82 Å². The summed E-state index contributed by atoms with van der Waals surface area (Å²) in [5.74, 6) is 0.686. The van der Waals surface area contributed by atoms with Crippen molar-refractivity contribution in [2.45, 2.75) is 0 Å². The lowest BCUT2D eigenvalue weighted by atomic mass is 9.89.